The molecular weight excluding hydrogens is 750 g/mol. The molecule has 0 saturated carbocycles. The molecule has 15 nitrogen and oxygen atoms in total. The molecule has 0 aromatic heterocycles. The van der Waals surface area contributed by atoms with Gasteiger partial charge in [0, 0.05) is 44.6 Å². The Morgan fingerprint density at radius 1 is 0.966 bits per heavy atom. The van der Waals surface area contributed by atoms with Crippen LogP contribution in [-0.2, 0) is 38.0 Å². The van der Waals surface area contributed by atoms with Crippen LogP contribution in [0.3, 0.4) is 0 Å². The maximum atomic E-state index is 14.4. The highest BCUT2D eigenvalue weighted by molar-refractivity contribution is 5.73. The predicted octanol–water partition coefficient (Wildman–Crippen LogP) is 3.02. The lowest BCUT2D eigenvalue weighted by molar-refractivity contribution is -0.338. The Hall–Kier alpha value is -1.05. The van der Waals surface area contributed by atoms with E-state index in [2.05, 4.69) is 17.1 Å². The lowest BCUT2D eigenvalue weighted by Gasteiger charge is -2.54. The summed E-state index contributed by atoms with van der Waals surface area (Å²) < 4.78 is 45.9. The first-order valence-electron chi connectivity index (χ1n) is 21.9. The van der Waals surface area contributed by atoms with Crippen molar-refractivity contribution < 1.29 is 58.4 Å². The monoisotopic (exact) mass is 832 g/mol. The second-order valence-corrected chi connectivity index (χ2v) is 19.2. The van der Waals surface area contributed by atoms with Gasteiger partial charge in [-0.05, 0) is 108 Å². The number of carbonyl (C=O) groups excluding carboxylic acids is 1. The van der Waals surface area contributed by atoms with Crippen LogP contribution in [0.4, 0.5) is 0 Å². The number of methoxy groups -OCH3 is 1. The predicted molar refractivity (Wildman–Crippen MR) is 219 cm³/mol. The number of cyclic esters (lactones) is 1. The summed E-state index contributed by atoms with van der Waals surface area (Å²) in [4.78, 5) is 18.7. The van der Waals surface area contributed by atoms with E-state index < -0.39 is 95.5 Å². The molecule has 2 unspecified atom stereocenters. The van der Waals surface area contributed by atoms with Crippen LogP contribution in [0.5, 0.6) is 0 Å². The fourth-order valence-corrected chi connectivity index (χ4v) is 10.3. The highest BCUT2D eigenvalue weighted by atomic mass is 16.7. The number of esters is 1. The van der Waals surface area contributed by atoms with E-state index in [4.69, 9.17) is 33.2 Å². The van der Waals surface area contributed by atoms with Crippen molar-refractivity contribution in [1.29, 1.82) is 0 Å². The standard InChI is InChI=1S/C43H81N3O12/c1-16-18-46-23-43(58-30(46)9)29(8)54-33(21-41(43,11)52-15)56-35-26(5)37(57-39-34(47)31(45(13)14)19-25(4)53-39)40(10,50)20-24(3)22-44-28(7)36(48)42(12,51)32(17-2)55-38(49)27(35)6/h24-37,39,44,47-48,50-51H,16-23H2,1-15H3/t24-,25-,26+,27-,28-,29+,30?,31+,32-,33?,34-,35+,36-,37-,39+,40-,41-,42-,43+/m1/s1. The molecule has 0 bridgehead atoms. The van der Waals surface area contributed by atoms with E-state index in [9.17, 15) is 25.2 Å². The molecular formula is C43H81N3O12. The third kappa shape index (κ3) is 10.2. The Bertz CT molecular complexity index is 1330. The highest BCUT2D eigenvalue weighted by Crippen LogP contribution is 2.48. The second kappa shape index (κ2) is 19.6. The number of rotatable bonds is 9. The molecule has 0 radical (unpaired) electrons. The van der Waals surface area contributed by atoms with Crippen LogP contribution in [0.15, 0.2) is 0 Å². The van der Waals surface area contributed by atoms with Gasteiger partial charge < -0.3 is 63.8 Å². The van der Waals surface area contributed by atoms with Gasteiger partial charge in [-0.25, -0.2) is 0 Å². The second-order valence-electron chi connectivity index (χ2n) is 19.2. The van der Waals surface area contributed by atoms with Crippen molar-refractivity contribution in [2.24, 2.45) is 17.8 Å². The Labute approximate surface area is 348 Å². The Kier molecular flexibility index (Phi) is 16.7. The molecule has 4 rings (SSSR count). The van der Waals surface area contributed by atoms with Crippen LogP contribution in [-0.4, -0.2) is 173 Å². The Morgan fingerprint density at radius 3 is 2.21 bits per heavy atom. The van der Waals surface area contributed by atoms with Gasteiger partial charge >= 0.3 is 5.97 Å². The number of aliphatic hydroxyl groups is 4. The Morgan fingerprint density at radius 2 is 1.62 bits per heavy atom. The first-order chi connectivity index (χ1) is 26.9. The molecule has 0 aromatic rings. The van der Waals surface area contributed by atoms with Crippen molar-refractivity contribution in [3.63, 3.8) is 0 Å². The SMILES string of the molecule is CCCN1C[C@]2(OC1C)[C@H](C)OC(O[C@H]1[C@H](C)[C@@H](O[C@@H]3O[C@H](C)C[C@H](N(C)C)[C@H]3O)[C@](C)(O)C[C@@H](C)CN[C@H](C)[C@@H](O)[C@](C)(O)[C@@H](CC)OC(=O)[C@@H]1C)C[C@@]2(C)OC. The number of hydrogen-bond donors (Lipinski definition) is 5. The number of likely N-dealkylation sites (N-methyl/N-ethyl adjacent to an activating group) is 1. The summed E-state index contributed by atoms with van der Waals surface area (Å²) in [6, 6.07) is -0.850. The van der Waals surface area contributed by atoms with Crippen molar-refractivity contribution in [3.8, 4) is 0 Å². The molecule has 0 aromatic carbocycles. The van der Waals surface area contributed by atoms with E-state index in [1.165, 1.54) is 6.92 Å². The third-order valence-corrected chi connectivity index (χ3v) is 14.0. The van der Waals surface area contributed by atoms with Gasteiger partial charge in [-0.2, -0.15) is 0 Å². The fraction of sp³-hybridized carbons (Fsp3) is 0.977. The van der Waals surface area contributed by atoms with Crippen LogP contribution in [0.2, 0.25) is 0 Å². The summed E-state index contributed by atoms with van der Waals surface area (Å²) in [6.45, 7) is 24.2. The van der Waals surface area contributed by atoms with Gasteiger partial charge in [0.2, 0.25) is 0 Å². The third-order valence-electron chi connectivity index (χ3n) is 14.0. The molecule has 4 aliphatic heterocycles. The van der Waals surface area contributed by atoms with Crippen LogP contribution in [0, 0.1) is 17.8 Å². The number of aliphatic hydroxyl groups excluding tert-OH is 2. The summed E-state index contributed by atoms with van der Waals surface area (Å²) in [5.41, 5.74) is -5.02. The zero-order valence-corrected chi connectivity index (χ0v) is 38.3. The molecule has 4 aliphatic rings. The van der Waals surface area contributed by atoms with Gasteiger partial charge in [0.15, 0.2) is 12.6 Å². The van der Waals surface area contributed by atoms with E-state index >= 15 is 0 Å². The maximum Gasteiger partial charge on any atom is 0.311 e. The molecule has 4 heterocycles. The Balaban J connectivity index is 1.80. The smallest absolute Gasteiger partial charge is 0.311 e. The van der Waals surface area contributed by atoms with E-state index in [0.717, 1.165) is 13.0 Å². The summed E-state index contributed by atoms with van der Waals surface area (Å²) in [7, 11) is 5.47. The molecule has 340 valence electrons. The molecule has 15 heteroatoms. The fourth-order valence-electron chi connectivity index (χ4n) is 10.3. The van der Waals surface area contributed by atoms with Gasteiger partial charge in [0.05, 0.1) is 35.9 Å². The quantitative estimate of drug-likeness (QED) is 0.214. The van der Waals surface area contributed by atoms with Gasteiger partial charge in [-0.15, -0.1) is 0 Å². The van der Waals surface area contributed by atoms with Crippen molar-refractivity contribution in [2.45, 2.75) is 211 Å². The van der Waals surface area contributed by atoms with Crippen LogP contribution < -0.4 is 5.32 Å². The normalized spacial score (nSPS) is 49.4. The minimum Gasteiger partial charge on any atom is -0.459 e. The number of nitrogens with one attached hydrogen (secondary N) is 1. The maximum absolute atomic E-state index is 14.4. The number of hydrogen-bond acceptors (Lipinski definition) is 15. The van der Waals surface area contributed by atoms with E-state index in [0.29, 0.717) is 19.5 Å². The number of carbonyl (C=O) groups is 1. The molecule has 1 spiro atoms. The first kappa shape index (κ1) is 49.6. The minimum absolute atomic E-state index is 0.147. The van der Waals surface area contributed by atoms with Gasteiger partial charge in [-0.3, -0.25) is 9.69 Å². The van der Waals surface area contributed by atoms with Gasteiger partial charge in [0.25, 0.3) is 0 Å². The van der Waals surface area contributed by atoms with Crippen LogP contribution in [0.1, 0.15) is 115 Å². The summed E-state index contributed by atoms with van der Waals surface area (Å²) >= 11 is 0. The zero-order valence-electron chi connectivity index (χ0n) is 38.3. The van der Waals surface area contributed by atoms with E-state index in [-0.39, 0.29) is 43.6 Å². The summed E-state index contributed by atoms with van der Waals surface area (Å²) in [6.07, 6.45) is -5.99. The number of ether oxygens (including phenoxy) is 7. The van der Waals surface area contributed by atoms with Gasteiger partial charge in [0.1, 0.15) is 41.3 Å². The largest absolute Gasteiger partial charge is 0.459 e. The number of nitrogens with zero attached hydrogens (tertiary/aromatic N) is 2. The van der Waals surface area contributed by atoms with E-state index in [1.807, 2.05) is 60.5 Å². The average Bonchev–Trinajstić information content (AvgIpc) is 3.49. The molecule has 4 saturated heterocycles. The summed E-state index contributed by atoms with van der Waals surface area (Å²) in [5, 5.41) is 50.7. The van der Waals surface area contributed by atoms with Crippen molar-refractivity contribution in [3.05, 3.63) is 0 Å². The lowest BCUT2D eigenvalue weighted by atomic mass is 9.75. The topological polar surface area (TPSA) is 181 Å². The summed E-state index contributed by atoms with van der Waals surface area (Å²) in [5.74, 6) is -2.53. The van der Waals surface area contributed by atoms with Crippen molar-refractivity contribution in [2.75, 3.05) is 40.8 Å². The van der Waals surface area contributed by atoms with E-state index in [1.54, 1.807) is 34.8 Å². The molecule has 0 aliphatic carbocycles. The molecule has 4 fully saturated rings. The lowest BCUT2D eigenvalue weighted by Crippen LogP contribution is -2.68. The average molecular weight is 832 g/mol. The van der Waals surface area contributed by atoms with Crippen LogP contribution in [0.25, 0.3) is 0 Å². The van der Waals surface area contributed by atoms with Crippen molar-refractivity contribution >= 4 is 5.97 Å². The zero-order chi connectivity index (χ0) is 43.7. The highest BCUT2D eigenvalue weighted by Gasteiger charge is 2.64. The van der Waals surface area contributed by atoms with Crippen molar-refractivity contribution in [1.82, 2.24) is 15.1 Å². The first-order valence-corrected chi connectivity index (χ1v) is 21.9. The molecule has 0 amide bonds. The van der Waals surface area contributed by atoms with Crippen LogP contribution >= 0.6 is 0 Å². The molecule has 5 N–H and O–H groups in total. The minimum atomic E-state index is -1.80. The molecule has 19 atom stereocenters. The van der Waals surface area contributed by atoms with Gasteiger partial charge in [-0.1, -0.05) is 27.7 Å². The molecule has 58 heavy (non-hydrogen) atoms.